The Labute approximate surface area is 122 Å². The van der Waals surface area contributed by atoms with Crippen LogP contribution in [0.5, 0.6) is 5.75 Å². The Kier molecular flexibility index (Phi) is 4.64. The van der Waals surface area contributed by atoms with Crippen LogP contribution >= 0.6 is 0 Å². The van der Waals surface area contributed by atoms with Gasteiger partial charge in [-0.05, 0) is 17.7 Å². The number of carbonyl (C=O) groups is 2. The molecular weight excluding hydrogens is 276 g/mol. The molecule has 2 rings (SSSR count). The van der Waals surface area contributed by atoms with Crippen molar-refractivity contribution in [2.45, 2.75) is 12.0 Å². The number of β-amino-alcohol motifs (C(OH)–C–C–N with tert-alkyl or cyclic N) is 1. The molecule has 114 valence electrons. The molecule has 1 aliphatic heterocycles. The number of aliphatic hydroxyl groups excluding tert-OH is 1. The highest BCUT2D eigenvalue weighted by molar-refractivity contribution is 5.88. The number of carboxylic acid groups (broad SMARTS) is 1. The van der Waals surface area contributed by atoms with Crippen LogP contribution in [0.3, 0.4) is 0 Å². The number of ether oxygens (including phenoxy) is 1. The van der Waals surface area contributed by atoms with Crippen LogP contribution in [0, 0.1) is 0 Å². The van der Waals surface area contributed by atoms with E-state index in [1.54, 1.807) is 19.2 Å². The topological polar surface area (TPSA) is 99.1 Å². The fourth-order valence-corrected chi connectivity index (χ4v) is 2.57. The van der Waals surface area contributed by atoms with Crippen molar-refractivity contribution >= 4 is 12.0 Å². The number of hydrogen-bond acceptors (Lipinski definition) is 4. The minimum atomic E-state index is -1.24. The van der Waals surface area contributed by atoms with Gasteiger partial charge in [0.1, 0.15) is 11.8 Å². The number of benzene rings is 1. The van der Waals surface area contributed by atoms with Gasteiger partial charge in [0.15, 0.2) is 0 Å². The molecule has 7 heteroatoms. The van der Waals surface area contributed by atoms with E-state index in [-0.39, 0.29) is 25.0 Å². The fraction of sp³-hybridized carbons (Fsp3) is 0.429. The predicted octanol–water partition coefficient (Wildman–Crippen LogP) is 0.249. The van der Waals surface area contributed by atoms with Gasteiger partial charge in [-0.3, -0.25) is 4.79 Å². The van der Waals surface area contributed by atoms with Gasteiger partial charge in [-0.15, -0.1) is 0 Å². The van der Waals surface area contributed by atoms with Crippen LogP contribution in [0.15, 0.2) is 24.3 Å². The van der Waals surface area contributed by atoms with Gasteiger partial charge in [0.25, 0.3) is 0 Å². The van der Waals surface area contributed by atoms with Crippen molar-refractivity contribution in [2.75, 3.05) is 26.8 Å². The monoisotopic (exact) mass is 294 g/mol. The summed E-state index contributed by atoms with van der Waals surface area (Å²) < 4.78 is 5.08. The van der Waals surface area contributed by atoms with Gasteiger partial charge in [0, 0.05) is 19.0 Å². The minimum Gasteiger partial charge on any atom is -0.497 e. The average molecular weight is 294 g/mol. The first-order valence-electron chi connectivity index (χ1n) is 6.60. The number of nitrogens with zero attached hydrogens (tertiary/aromatic N) is 1. The van der Waals surface area contributed by atoms with Crippen LogP contribution in [0.2, 0.25) is 0 Å². The molecule has 1 saturated heterocycles. The Morgan fingerprint density at radius 1 is 1.43 bits per heavy atom. The smallest absolute Gasteiger partial charge is 0.405 e. The Balaban J connectivity index is 2.24. The van der Waals surface area contributed by atoms with Crippen LogP contribution in [0.4, 0.5) is 4.79 Å². The van der Waals surface area contributed by atoms with E-state index < -0.39 is 12.1 Å². The van der Waals surface area contributed by atoms with E-state index in [9.17, 15) is 9.59 Å². The lowest BCUT2D eigenvalue weighted by molar-refractivity contribution is -0.129. The van der Waals surface area contributed by atoms with Crippen LogP contribution in [0.25, 0.3) is 0 Å². The number of hydrogen-bond donors (Lipinski definition) is 3. The molecule has 1 heterocycles. The normalized spacial score (nSPS) is 21.4. The summed E-state index contributed by atoms with van der Waals surface area (Å²) in [6, 6.07) is 6.34. The van der Waals surface area contributed by atoms with Gasteiger partial charge >= 0.3 is 6.09 Å². The molecule has 1 fully saturated rings. The second-order valence-electron chi connectivity index (χ2n) is 4.81. The van der Waals surface area contributed by atoms with E-state index >= 15 is 0 Å². The zero-order valence-electron chi connectivity index (χ0n) is 11.7. The Bertz CT molecular complexity index is 517. The number of aliphatic hydroxyl groups is 1. The molecule has 1 aliphatic rings. The van der Waals surface area contributed by atoms with Gasteiger partial charge in [0.2, 0.25) is 5.91 Å². The third-order valence-corrected chi connectivity index (χ3v) is 3.59. The number of rotatable bonds is 5. The fourth-order valence-electron chi connectivity index (χ4n) is 2.57. The standard InChI is InChI=1S/C14H18N2O5/c1-21-10-4-2-9(3-5-10)11-8-16(6-7-17)13(18)12(11)15-14(19)20/h2-5,11-12,15,17H,6-8H2,1H3,(H,19,20). The summed E-state index contributed by atoms with van der Waals surface area (Å²) >= 11 is 0. The molecule has 0 saturated carbocycles. The second-order valence-corrected chi connectivity index (χ2v) is 4.81. The molecule has 7 nitrogen and oxygen atoms in total. The van der Waals surface area contributed by atoms with Crippen molar-refractivity contribution in [2.24, 2.45) is 0 Å². The minimum absolute atomic E-state index is 0.152. The molecule has 1 aromatic carbocycles. The molecule has 0 spiro atoms. The summed E-state index contributed by atoms with van der Waals surface area (Å²) in [6.07, 6.45) is -1.24. The molecule has 0 bridgehead atoms. The molecule has 0 aromatic heterocycles. The van der Waals surface area contributed by atoms with Gasteiger partial charge < -0.3 is 25.2 Å². The summed E-state index contributed by atoms with van der Waals surface area (Å²) in [5.41, 5.74) is 0.850. The molecule has 3 N–H and O–H groups in total. The highest BCUT2D eigenvalue weighted by Gasteiger charge is 2.41. The van der Waals surface area contributed by atoms with Gasteiger partial charge in [0.05, 0.1) is 13.7 Å². The summed E-state index contributed by atoms with van der Waals surface area (Å²) in [7, 11) is 1.56. The Morgan fingerprint density at radius 3 is 2.62 bits per heavy atom. The first-order chi connectivity index (χ1) is 10.1. The van der Waals surface area contributed by atoms with Crippen molar-refractivity contribution in [1.82, 2.24) is 10.2 Å². The maximum absolute atomic E-state index is 12.2. The summed E-state index contributed by atoms with van der Waals surface area (Å²) in [5.74, 6) is 0.0938. The lowest BCUT2D eigenvalue weighted by Gasteiger charge is -2.17. The second kappa shape index (κ2) is 6.45. The Hall–Kier alpha value is -2.28. The van der Waals surface area contributed by atoms with E-state index in [1.165, 1.54) is 4.90 Å². The van der Waals surface area contributed by atoms with E-state index in [4.69, 9.17) is 14.9 Å². The molecule has 0 aliphatic carbocycles. The summed E-state index contributed by atoms with van der Waals surface area (Å²) in [6.45, 7) is 0.417. The number of amides is 2. The lowest BCUT2D eigenvalue weighted by atomic mass is 9.94. The third kappa shape index (κ3) is 3.25. The quantitative estimate of drug-likeness (QED) is 0.723. The largest absolute Gasteiger partial charge is 0.497 e. The molecule has 1 aromatic rings. The van der Waals surface area contributed by atoms with Crippen molar-refractivity contribution in [3.63, 3.8) is 0 Å². The van der Waals surface area contributed by atoms with E-state index in [0.717, 1.165) is 5.56 Å². The number of carbonyl (C=O) groups excluding carboxylic acids is 1. The van der Waals surface area contributed by atoms with Crippen molar-refractivity contribution in [3.8, 4) is 5.75 Å². The number of likely N-dealkylation sites (tertiary alicyclic amines) is 1. The van der Waals surface area contributed by atoms with E-state index in [2.05, 4.69) is 5.32 Å². The summed E-state index contributed by atoms with van der Waals surface area (Å²) in [5, 5.41) is 20.2. The summed E-state index contributed by atoms with van der Waals surface area (Å²) in [4.78, 5) is 24.6. The zero-order chi connectivity index (χ0) is 15.4. The first kappa shape index (κ1) is 15.1. The predicted molar refractivity (Wildman–Crippen MR) is 74.3 cm³/mol. The maximum atomic E-state index is 12.2. The van der Waals surface area contributed by atoms with E-state index in [1.807, 2.05) is 12.1 Å². The SMILES string of the molecule is COc1ccc(C2CN(CCO)C(=O)C2NC(=O)O)cc1. The molecule has 0 radical (unpaired) electrons. The Morgan fingerprint density at radius 2 is 2.10 bits per heavy atom. The highest BCUT2D eigenvalue weighted by atomic mass is 16.5. The van der Waals surface area contributed by atoms with Gasteiger partial charge in [-0.25, -0.2) is 4.79 Å². The zero-order valence-corrected chi connectivity index (χ0v) is 11.7. The van der Waals surface area contributed by atoms with Crippen LogP contribution in [0.1, 0.15) is 11.5 Å². The van der Waals surface area contributed by atoms with Crippen molar-refractivity contribution in [1.29, 1.82) is 0 Å². The molecule has 2 unspecified atom stereocenters. The molecular formula is C14H18N2O5. The van der Waals surface area contributed by atoms with Crippen molar-refractivity contribution in [3.05, 3.63) is 29.8 Å². The lowest BCUT2D eigenvalue weighted by Crippen LogP contribution is -2.43. The average Bonchev–Trinajstić information content (AvgIpc) is 2.77. The van der Waals surface area contributed by atoms with Crippen LogP contribution in [-0.2, 0) is 4.79 Å². The van der Waals surface area contributed by atoms with Gasteiger partial charge in [-0.1, -0.05) is 12.1 Å². The first-order valence-corrected chi connectivity index (χ1v) is 6.60. The van der Waals surface area contributed by atoms with Crippen molar-refractivity contribution < 1.29 is 24.5 Å². The van der Waals surface area contributed by atoms with Crippen LogP contribution in [-0.4, -0.2) is 60.0 Å². The molecule has 2 atom stereocenters. The third-order valence-electron chi connectivity index (χ3n) is 3.59. The number of nitrogens with one attached hydrogen (secondary N) is 1. The molecule has 2 amide bonds. The van der Waals surface area contributed by atoms with Crippen LogP contribution < -0.4 is 10.1 Å². The number of methoxy groups -OCH3 is 1. The van der Waals surface area contributed by atoms with Gasteiger partial charge in [-0.2, -0.15) is 0 Å². The van der Waals surface area contributed by atoms with E-state index in [0.29, 0.717) is 12.3 Å². The highest BCUT2D eigenvalue weighted by Crippen LogP contribution is 2.29. The molecule has 21 heavy (non-hydrogen) atoms. The maximum Gasteiger partial charge on any atom is 0.405 e.